The number of unbranched alkanes of at least 4 members (excludes halogenated alkanes) is 2. The highest BCUT2D eigenvalue weighted by atomic mass is 16.2. The average Bonchev–Trinajstić information content (AvgIpc) is 3.21. The number of nitrogens with two attached hydrogens (primary N) is 1. The first kappa shape index (κ1) is 19.5. The molecule has 0 aromatic heterocycles. The Bertz CT molecular complexity index is 478. The van der Waals surface area contributed by atoms with Gasteiger partial charge >= 0.3 is 6.03 Å². The van der Waals surface area contributed by atoms with Gasteiger partial charge in [-0.25, -0.2) is 4.79 Å². The zero-order chi connectivity index (χ0) is 18.4. The molecule has 3 fully saturated rings. The van der Waals surface area contributed by atoms with Crippen molar-refractivity contribution in [3.05, 3.63) is 0 Å². The molecule has 1 aliphatic heterocycles. The Labute approximate surface area is 157 Å². The molecule has 3 aliphatic rings. The summed E-state index contributed by atoms with van der Waals surface area (Å²) >= 11 is 0. The van der Waals surface area contributed by atoms with Crippen LogP contribution in [-0.2, 0) is 4.79 Å². The average molecular weight is 365 g/mol. The van der Waals surface area contributed by atoms with Crippen LogP contribution in [0.1, 0.15) is 70.6 Å². The van der Waals surface area contributed by atoms with Crippen LogP contribution in [0, 0.1) is 11.8 Å². The maximum atomic E-state index is 12.4. The highest BCUT2D eigenvalue weighted by Gasteiger charge is 2.42. The van der Waals surface area contributed by atoms with Crippen LogP contribution in [0.4, 0.5) is 4.79 Å². The normalized spacial score (nSPS) is 28.8. The maximum Gasteiger partial charge on any atom is 0.315 e. The van der Waals surface area contributed by atoms with Crippen LogP contribution in [0.5, 0.6) is 0 Å². The fraction of sp³-hybridized carbons (Fsp3) is 0.900. The summed E-state index contributed by atoms with van der Waals surface area (Å²) in [5, 5.41) is 6.01. The van der Waals surface area contributed by atoms with E-state index in [9.17, 15) is 9.59 Å². The number of hydrogen-bond donors (Lipinski definition) is 3. The van der Waals surface area contributed by atoms with Crippen molar-refractivity contribution < 1.29 is 9.59 Å². The second kappa shape index (κ2) is 9.58. The van der Waals surface area contributed by atoms with Gasteiger partial charge < -0.3 is 21.3 Å². The van der Waals surface area contributed by atoms with Gasteiger partial charge in [-0.1, -0.05) is 25.7 Å². The molecule has 3 amide bonds. The van der Waals surface area contributed by atoms with Gasteiger partial charge in [0.25, 0.3) is 0 Å². The van der Waals surface area contributed by atoms with Gasteiger partial charge in [0.1, 0.15) is 0 Å². The zero-order valence-electron chi connectivity index (χ0n) is 16.0. The number of amides is 3. The lowest BCUT2D eigenvalue weighted by molar-refractivity contribution is -0.130. The number of carbonyl (C=O) groups is 2. The molecule has 0 spiro atoms. The Morgan fingerprint density at radius 3 is 2.54 bits per heavy atom. The molecule has 0 radical (unpaired) electrons. The van der Waals surface area contributed by atoms with E-state index in [1.54, 1.807) is 0 Å². The Balaban J connectivity index is 1.20. The monoisotopic (exact) mass is 364 g/mol. The van der Waals surface area contributed by atoms with Crippen molar-refractivity contribution in [2.45, 2.75) is 82.7 Å². The lowest BCUT2D eigenvalue weighted by Gasteiger charge is -2.22. The molecule has 1 heterocycles. The zero-order valence-corrected chi connectivity index (χ0v) is 16.0. The van der Waals surface area contributed by atoms with Gasteiger partial charge in [0.05, 0.1) is 0 Å². The summed E-state index contributed by atoms with van der Waals surface area (Å²) in [6.45, 7) is 2.48. The maximum absolute atomic E-state index is 12.4. The van der Waals surface area contributed by atoms with E-state index in [0.717, 1.165) is 51.6 Å². The molecule has 3 unspecified atom stereocenters. The standard InChI is InChI=1S/C20H36N4O2/c21-18-11-10-15-13-24(14-17(15)18)19(25)9-5-2-6-12-22-20(26)23-16-7-3-1-4-8-16/h15-18H,1-14,21H2,(H2,22,23,26). The number of carbonyl (C=O) groups excluding carboxylic acids is 2. The van der Waals surface area contributed by atoms with Crippen molar-refractivity contribution >= 4 is 11.9 Å². The van der Waals surface area contributed by atoms with Crippen LogP contribution in [0.2, 0.25) is 0 Å². The van der Waals surface area contributed by atoms with Gasteiger partial charge in [-0.05, 0) is 50.4 Å². The van der Waals surface area contributed by atoms with E-state index in [2.05, 4.69) is 10.6 Å². The first-order valence-corrected chi connectivity index (χ1v) is 10.7. The summed E-state index contributed by atoms with van der Waals surface area (Å²) < 4.78 is 0. The van der Waals surface area contributed by atoms with Crippen molar-refractivity contribution in [3.8, 4) is 0 Å². The Hall–Kier alpha value is -1.30. The lowest BCUT2D eigenvalue weighted by Crippen LogP contribution is -2.43. The minimum absolute atomic E-state index is 0.0343. The highest BCUT2D eigenvalue weighted by molar-refractivity contribution is 5.76. The summed E-state index contributed by atoms with van der Waals surface area (Å²) in [4.78, 5) is 26.2. The van der Waals surface area contributed by atoms with Gasteiger partial charge in [0, 0.05) is 38.1 Å². The fourth-order valence-corrected chi connectivity index (χ4v) is 4.93. The number of nitrogens with one attached hydrogen (secondary N) is 2. The van der Waals surface area contributed by atoms with E-state index in [0.29, 0.717) is 36.9 Å². The Morgan fingerprint density at radius 1 is 0.962 bits per heavy atom. The number of hydrogen-bond acceptors (Lipinski definition) is 3. The van der Waals surface area contributed by atoms with Gasteiger partial charge in [-0.3, -0.25) is 4.79 Å². The Kier molecular flexibility index (Phi) is 7.17. The van der Waals surface area contributed by atoms with Crippen LogP contribution < -0.4 is 16.4 Å². The van der Waals surface area contributed by atoms with Gasteiger partial charge in [0.2, 0.25) is 5.91 Å². The predicted molar refractivity (Wildman–Crippen MR) is 103 cm³/mol. The second-order valence-corrected chi connectivity index (χ2v) is 8.51. The third-order valence-electron chi connectivity index (χ3n) is 6.56. The lowest BCUT2D eigenvalue weighted by atomic mass is 9.96. The summed E-state index contributed by atoms with van der Waals surface area (Å²) in [7, 11) is 0. The third kappa shape index (κ3) is 5.35. The molecule has 0 aromatic carbocycles. The molecule has 4 N–H and O–H groups in total. The van der Waals surface area contributed by atoms with Gasteiger partial charge in [-0.15, -0.1) is 0 Å². The molecule has 26 heavy (non-hydrogen) atoms. The smallest absolute Gasteiger partial charge is 0.315 e. The quantitative estimate of drug-likeness (QED) is 0.606. The molecule has 2 aliphatic carbocycles. The minimum Gasteiger partial charge on any atom is -0.342 e. The molecular weight excluding hydrogens is 328 g/mol. The van der Waals surface area contributed by atoms with Crippen molar-refractivity contribution in [1.29, 1.82) is 0 Å². The molecule has 148 valence electrons. The summed E-state index contributed by atoms with van der Waals surface area (Å²) in [5.74, 6) is 1.46. The van der Waals surface area contributed by atoms with Crippen molar-refractivity contribution in [2.24, 2.45) is 17.6 Å². The number of fused-ring (bicyclic) bond motifs is 1. The molecule has 1 saturated heterocycles. The number of nitrogens with zero attached hydrogens (tertiary/aromatic N) is 1. The van der Waals surface area contributed by atoms with E-state index in [4.69, 9.17) is 5.73 Å². The van der Waals surface area contributed by atoms with E-state index in [1.165, 1.54) is 25.7 Å². The third-order valence-corrected chi connectivity index (χ3v) is 6.56. The topological polar surface area (TPSA) is 87.5 Å². The number of rotatable bonds is 7. The van der Waals surface area contributed by atoms with E-state index in [1.807, 2.05) is 4.90 Å². The largest absolute Gasteiger partial charge is 0.342 e. The SMILES string of the molecule is NC1CCC2CN(C(=O)CCCCCNC(=O)NC3CCCCC3)CC12. The van der Waals surface area contributed by atoms with Crippen LogP contribution in [0.15, 0.2) is 0 Å². The first-order chi connectivity index (χ1) is 12.6. The van der Waals surface area contributed by atoms with E-state index in [-0.39, 0.29) is 11.9 Å². The van der Waals surface area contributed by atoms with E-state index < -0.39 is 0 Å². The molecule has 0 aromatic rings. The number of urea groups is 1. The first-order valence-electron chi connectivity index (χ1n) is 10.7. The summed E-state index contributed by atoms with van der Waals surface area (Å²) in [5.41, 5.74) is 6.14. The molecule has 6 heteroatoms. The fourth-order valence-electron chi connectivity index (χ4n) is 4.93. The van der Waals surface area contributed by atoms with Crippen LogP contribution in [0.3, 0.4) is 0 Å². The van der Waals surface area contributed by atoms with Gasteiger partial charge in [0.15, 0.2) is 0 Å². The molecule has 0 bridgehead atoms. The van der Waals surface area contributed by atoms with Crippen LogP contribution >= 0.6 is 0 Å². The molecular formula is C20H36N4O2. The summed E-state index contributed by atoms with van der Waals surface area (Å²) in [6, 6.07) is 0.617. The van der Waals surface area contributed by atoms with Crippen molar-refractivity contribution in [3.63, 3.8) is 0 Å². The Morgan fingerprint density at radius 2 is 1.77 bits per heavy atom. The highest BCUT2D eigenvalue weighted by Crippen LogP contribution is 2.37. The second-order valence-electron chi connectivity index (χ2n) is 8.51. The molecule has 2 saturated carbocycles. The van der Waals surface area contributed by atoms with E-state index >= 15 is 0 Å². The van der Waals surface area contributed by atoms with Crippen molar-refractivity contribution in [1.82, 2.24) is 15.5 Å². The van der Waals surface area contributed by atoms with Crippen LogP contribution in [-0.4, -0.2) is 48.6 Å². The van der Waals surface area contributed by atoms with Crippen molar-refractivity contribution in [2.75, 3.05) is 19.6 Å². The molecule has 3 atom stereocenters. The van der Waals surface area contributed by atoms with Crippen LogP contribution in [0.25, 0.3) is 0 Å². The minimum atomic E-state index is -0.0343. The molecule has 6 nitrogen and oxygen atoms in total. The molecule has 3 rings (SSSR count). The number of likely N-dealkylation sites (tertiary alicyclic amines) is 1. The van der Waals surface area contributed by atoms with Gasteiger partial charge in [-0.2, -0.15) is 0 Å². The summed E-state index contributed by atoms with van der Waals surface area (Å²) in [6.07, 6.45) is 11.7. The predicted octanol–water partition coefficient (Wildman–Crippen LogP) is 2.37.